The Bertz CT molecular complexity index is 1120. The highest BCUT2D eigenvalue weighted by Gasteiger charge is 2.16. The average Bonchev–Trinajstić information content (AvgIpc) is 2.89. The van der Waals surface area contributed by atoms with Gasteiger partial charge in [0.15, 0.2) is 5.11 Å². The molecule has 9 heteroatoms. The van der Waals surface area contributed by atoms with Gasteiger partial charge >= 0.3 is 0 Å². The number of carbonyl (C=O) groups excluding carboxylic acids is 1. The van der Waals surface area contributed by atoms with Crippen LogP contribution in [0, 0.1) is 0 Å². The number of rotatable bonds is 9. The standard InChI is InChI=1S/C26H28N4O4S/c31-24(23-10-5-11-27-25(23)33-17-14-30-12-15-32-16-13-30)29-26(35)28-21-8-4-9-22(18-21)34-19-20-6-2-1-3-7-20/h1-11,18H,12-17,19H2,(H2,28,29,31,35). The molecule has 4 rings (SSSR count). The Hall–Kier alpha value is -3.53. The number of ether oxygens (including phenoxy) is 3. The third-order valence-corrected chi connectivity index (χ3v) is 5.54. The second-order valence-corrected chi connectivity index (χ2v) is 8.28. The van der Waals surface area contributed by atoms with Crippen LogP contribution in [0.15, 0.2) is 72.9 Å². The van der Waals surface area contributed by atoms with Gasteiger partial charge in [-0.05, 0) is 42.0 Å². The molecule has 0 bridgehead atoms. The van der Waals surface area contributed by atoms with Gasteiger partial charge in [-0.15, -0.1) is 0 Å². The van der Waals surface area contributed by atoms with Crippen molar-refractivity contribution in [3.05, 3.63) is 84.1 Å². The molecule has 3 aromatic rings. The van der Waals surface area contributed by atoms with Gasteiger partial charge in [-0.2, -0.15) is 0 Å². The number of morpholine rings is 1. The molecule has 2 heterocycles. The number of amides is 1. The van der Waals surface area contributed by atoms with E-state index in [-0.39, 0.29) is 11.0 Å². The van der Waals surface area contributed by atoms with Crippen LogP contribution >= 0.6 is 12.2 Å². The number of aromatic nitrogens is 1. The molecule has 1 fully saturated rings. The lowest BCUT2D eigenvalue weighted by molar-refractivity contribution is 0.0319. The molecule has 0 unspecified atom stereocenters. The van der Waals surface area contributed by atoms with Crippen LogP contribution in [-0.4, -0.2) is 60.4 Å². The molecule has 0 atom stereocenters. The fraction of sp³-hybridized carbons (Fsp3) is 0.269. The molecule has 182 valence electrons. The van der Waals surface area contributed by atoms with E-state index in [1.165, 1.54) is 0 Å². The lowest BCUT2D eigenvalue weighted by Crippen LogP contribution is -2.39. The molecule has 0 saturated carbocycles. The third kappa shape index (κ3) is 7.74. The molecule has 1 aromatic heterocycles. The minimum absolute atomic E-state index is 0.165. The smallest absolute Gasteiger partial charge is 0.262 e. The van der Waals surface area contributed by atoms with Crippen LogP contribution < -0.4 is 20.1 Å². The maximum Gasteiger partial charge on any atom is 0.262 e. The van der Waals surface area contributed by atoms with Crippen molar-refractivity contribution in [2.75, 3.05) is 44.8 Å². The largest absolute Gasteiger partial charge is 0.489 e. The Morgan fingerprint density at radius 2 is 1.86 bits per heavy atom. The minimum Gasteiger partial charge on any atom is -0.489 e. The van der Waals surface area contributed by atoms with Crippen LogP contribution in [0.5, 0.6) is 11.6 Å². The van der Waals surface area contributed by atoms with E-state index < -0.39 is 5.91 Å². The van der Waals surface area contributed by atoms with Crippen molar-refractivity contribution in [3.63, 3.8) is 0 Å². The molecule has 35 heavy (non-hydrogen) atoms. The van der Waals surface area contributed by atoms with E-state index in [4.69, 9.17) is 26.4 Å². The van der Waals surface area contributed by atoms with Crippen molar-refractivity contribution < 1.29 is 19.0 Å². The van der Waals surface area contributed by atoms with Crippen molar-refractivity contribution in [1.29, 1.82) is 0 Å². The highest BCUT2D eigenvalue weighted by Crippen LogP contribution is 2.19. The molecule has 1 saturated heterocycles. The SMILES string of the molecule is O=C(NC(=S)Nc1cccc(OCc2ccccc2)c1)c1cccnc1OCCN1CCOCC1. The Morgan fingerprint density at radius 1 is 1.03 bits per heavy atom. The molecule has 2 aromatic carbocycles. The molecule has 0 radical (unpaired) electrons. The van der Waals surface area contributed by atoms with Crippen LogP contribution in [0.2, 0.25) is 0 Å². The summed E-state index contributed by atoms with van der Waals surface area (Å²) in [7, 11) is 0. The number of nitrogens with zero attached hydrogens (tertiary/aromatic N) is 2. The van der Waals surface area contributed by atoms with E-state index in [9.17, 15) is 4.79 Å². The molecular weight excluding hydrogens is 464 g/mol. The minimum atomic E-state index is -0.395. The molecule has 1 aliphatic rings. The quantitative estimate of drug-likeness (QED) is 0.439. The summed E-state index contributed by atoms with van der Waals surface area (Å²) in [4.78, 5) is 19.3. The first-order valence-corrected chi connectivity index (χ1v) is 11.9. The maximum atomic E-state index is 12.8. The fourth-order valence-electron chi connectivity index (χ4n) is 3.51. The molecule has 0 spiro atoms. The predicted octanol–water partition coefficient (Wildman–Crippen LogP) is 3.50. The number of hydrogen-bond acceptors (Lipinski definition) is 7. The summed E-state index contributed by atoms with van der Waals surface area (Å²) < 4.78 is 17.0. The molecular formula is C26H28N4O4S. The van der Waals surface area contributed by atoms with E-state index >= 15 is 0 Å². The number of nitrogens with one attached hydrogen (secondary N) is 2. The molecule has 0 aliphatic carbocycles. The zero-order valence-electron chi connectivity index (χ0n) is 19.3. The van der Waals surface area contributed by atoms with Gasteiger partial charge in [0.2, 0.25) is 5.88 Å². The Balaban J connectivity index is 1.28. The summed E-state index contributed by atoms with van der Waals surface area (Å²) >= 11 is 5.35. The number of pyridine rings is 1. The van der Waals surface area contributed by atoms with Crippen LogP contribution in [0.4, 0.5) is 5.69 Å². The van der Waals surface area contributed by atoms with Crippen LogP contribution in [0.25, 0.3) is 0 Å². The van der Waals surface area contributed by atoms with Crippen molar-refractivity contribution in [2.24, 2.45) is 0 Å². The highest BCUT2D eigenvalue weighted by atomic mass is 32.1. The first kappa shape index (κ1) is 24.6. The molecule has 2 N–H and O–H groups in total. The van der Waals surface area contributed by atoms with Crippen molar-refractivity contribution >= 4 is 28.9 Å². The monoisotopic (exact) mass is 492 g/mol. The predicted molar refractivity (Wildman–Crippen MR) is 138 cm³/mol. The average molecular weight is 493 g/mol. The summed E-state index contributed by atoms with van der Waals surface area (Å²) in [6.45, 7) is 4.82. The molecule has 1 amide bonds. The van der Waals surface area contributed by atoms with E-state index in [1.54, 1.807) is 18.3 Å². The Labute approximate surface area is 210 Å². The van der Waals surface area contributed by atoms with Gasteiger partial charge in [0.05, 0.1) is 13.2 Å². The normalized spacial score (nSPS) is 13.6. The lowest BCUT2D eigenvalue weighted by atomic mass is 10.2. The van der Waals surface area contributed by atoms with Gasteiger partial charge in [0, 0.05) is 37.6 Å². The number of thiocarbonyl (C=S) groups is 1. The summed E-state index contributed by atoms with van der Waals surface area (Å²) in [5.74, 6) is 0.571. The van der Waals surface area contributed by atoms with Gasteiger partial charge in [-0.1, -0.05) is 36.4 Å². The summed E-state index contributed by atoms with van der Waals surface area (Å²) in [5, 5.41) is 5.89. The van der Waals surface area contributed by atoms with Gasteiger partial charge in [-0.3, -0.25) is 15.0 Å². The van der Waals surface area contributed by atoms with Crippen molar-refractivity contribution in [3.8, 4) is 11.6 Å². The first-order valence-electron chi connectivity index (χ1n) is 11.4. The van der Waals surface area contributed by atoms with Gasteiger partial charge in [0.25, 0.3) is 5.91 Å². The number of hydrogen-bond donors (Lipinski definition) is 2. The number of carbonyl (C=O) groups is 1. The van der Waals surface area contributed by atoms with Gasteiger partial charge < -0.3 is 19.5 Å². The fourth-order valence-corrected chi connectivity index (χ4v) is 3.72. The molecule has 8 nitrogen and oxygen atoms in total. The summed E-state index contributed by atoms with van der Waals surface area (Å²) in [6.07, 6.45) is 1.60. The highest BCUT2D eigenvalue weighted by molar-refractivity contribution is 7.80. The van der Waals surface area contributed by atoms with E-state index in [2.05, 4.69) is 20.5 Å². The van der Waals surface area contributed by atoms with Gasteiger partial charge in [0.1, 0.15) is 24.5 Å². The summed E-state index contributed by atoms with van der Waals surface area (Å²) in [5.41, 5.74) is 2.10. The second-order valence-electron chi connectivity index (χ2n) is 7.87. The number of anilines is 1. The van der Waals surface area contributed by atoms with Crippen LogP contribution in [-0.2, 0) is 11.3 Å². The van der Waals surface area contributed by atoms with E-state index in [0.29, 0.717) is 30.2 Å². The summed E-state index contributed by atoms with van der Waals surface area (Å²) in [6, 6.07) is 20.7. The van der Waals surface area contributed by atoms with Crippen molar-refractivity contribution in [2.45, 2.75) is 6.61 Å². The van der Waals surface area contributed by atoms with Gasteiger partial charge in [-0.25, -0.2) is 4.98 Å². The second kappa shape index (κ2) is 12.8. The zero-order chi connectivity index (χ0) is 24.3. The van der Waals surface area contributed by atoms with E-state index in [0.717, 1.165) is 38.4 Å². The Morgan fingerprint density at radius 3 is 2.69 bits per heavy atom. The lowest BCUT2D eigenvalue weighted by Gasteiger charge is -2.26. The van der Waals surface area contributed by atoms with E-state index in [1.807, 2.05) is 54.6 Å². The van der Waals surface area contributed by atoms with Crippen LogP contribution in [0.1, 0.15) is 15.9 Å². The first-order chi connectivity index (χ1) is 17.2. The third-order valence-electron chi connectivity index (χ3n) is 5.33. The maximum absolute atomic E-state index is 12.8. The van der Waals surface area contributed by atoms with Crippen molar-refractivity contribution in [1.82, 2.24) is 15.2 Å². The number of benzene rings is 2. The zero-order valence-corrected chi connectivity index (χ0v) is 20.1. The topological polar surface area (TPSA) is 85.0 Å². The molecule has 1 aliphatic heterocycles. The Kier molecular flexibility index (Phi) is 8.99. The van der Waals surface area contributed by atoms with Crippen LogP contribution in [0.3, 0.4) is 0 Å².